The van der Waals surface area contributed by atoms with E-state index in [1.165, 1.54) is 12.1 Å². The molecule has 0 fully saturated rings. The van der Waals surface area contributed by atoms with Crippen LogP contribution >= 0.6 is 0 Å². The molecule has 1 aliphatic carbocycles. The third kappa shape index (κ3) is 3.84. The fourth-order valence-corrected chi connectivity index (χ4v) is 4.99. The predicted molar refractivity (Wildman–Crippen MR) is 127 cm³/mol. The normalized spacial score (nSPS) is 19.9. The zero-order valence-corrected chi connectivity index (χ0v) is 18.4. The molecule has 3 aromatic rings. The molecule has 4 nitrogen and oxygen atoms in total. The van der Waals surface area contributed by atoms with E-state index in [2.05, 4.69) is 5.32 Å². The Kier molecular flexibility index (Phi) is 5.55. The van der Waals surface area contributed by atoms with Crippen molar-refractivity contribution in [3.63, 3.8) is 0 Å². The quantitative estimate of drug-likeness (QED) is 0.532. The summed E-state index contributed by atoms with van der Waals surface area (Å²) < 4.78 is 14.3. The smallest absolute Gasteiger partial charge is 0.227 e. The molecule has 166 valence electrons. The molecule has 0 saturated carbocycles. The van der Waals surface area contributed by atoms with Gasteiger partial charge in [-0.1, -0.05) is 61.5 Å². The van der Waals surface area contributed by atoms with Gasteiger partial charge in [-0.05, 0) is 47.7 Å². The number of rotatable bonds is 3. The van der Waals surface area contributed by atoms with Crippen LogP contribution in [-0.2, 0) is 9.59 Å². The van der Waals surface area contributed by atoms with Crippen molar-refractivity contribution in [2.24, 2.45) is 0 Å². The summed E-state index contributed by atoms with van der Waals surface area (Å²) in [5.41, 5.74) is 4.51. The van der Waals surface area contributed by atoms with Crippen LogP contribution in [0, 0.1) is 5.82 Å². The summed E-state index contributed by atoms with van der Waals surface area (Å²) in [6.07, 6.45) is 1.25. The Morgan fingerprint density at radius 3 is 2.45 bits per heavy atom. The van der Waals surface area contributed by atoms with Gasteiger partial charge in [-0.15, -0.1) is 0 Å². The second-order valence-corrected chi connectivity index (χ2v) is 8.55. The highest BCUT2D eigenvalue weighted by atomic mass is 19.1. The first-order chi connectivity index (χ1) is 16.1. The Bertz CT molecular complexity index is 1250. The van der Waals surface area contributed by atoms with Crippen LogP contribution in [0.2, 0.25) is 0 Å². The van der Waals surface area contributed by atoms with Gasteiger partial charge in [-0.3, -0.25) is 14.5 Å². The molecule has 5 heteroatoms. The molecule has 2 aliphatic rings. The molecule has 3 aromatic carbocycles. The maximum Gasteiger partial charge on any atom is 0.227 e. The van der Waals surface area contributed by atoms with Gasteiger partial charge < -0.3 is 5.32 Å². The summed E-state index contributed by atoms with van der Waals surface area (Å²) in [6.45, 7) is 1.80. The molecule has 5 rings (SSSR count). The number of benzene rings is 3. The van der Waals surface area contributed by atoms with Gasteiger partial charge in [0.25, 0.3) is 0 Å². The van der Waals surface area contributed by atoms with Crippen molar-refractivity contribution in [3.05, 3.63) is 107 Å². The minimum absolute atomic E-state index is 0.0198. The summed E-state index contributed by atoms with van der Waals surface area (Å²) in [6, 6.07) is 23.1. The summed E-state index contributed by atoms with van der Waals surface area (Å²) in [5.74, 6) is -0.494. The van der Waals surface area contributed by atoms with Crippen LogP contribution in [0.15, 0.2) is 90.1 Å². The number of ketones is 1. The summed E-state index contributed by atoms with van der Waals surface area (Å²) in [5, 5.41) is 3.49. The number of allylic oxidation sites excluding steroid dienone is 1. The molecule has 0 bridgehead atoms. The van der Waals surface area contributed by atoms with Crippen LogP contribution in [0.5, 0.6) is 0 Å². The Morgan fingerprint density at radius 2 is 1.70 bits per heavy atom. The molecule has 33 heavy (non-hydrogen) atoms. The standard InChI is InChI=1S/C28H25FN2O2/c1-2-26(33)31-24-14-7-6-13-22(24)30-23-16-20(18-9-4-3-5-10-18)17-25(32)27(23)28(31)19-11-8-12-21(29)15-19/h3-15,20,28,30H,2,16-17H2,1H3/t20-,28+/m1/s1. The number of hydrogen-bond donors (Lipinski definition) is 1. The number of hydrogen-bond acceptors (Lipinski definition) is 3. The lowest BCUT2D eigenvalue weighted by molar-refractivity contribution is -0.119. The van der Waals surface area contributed by atoms with E-state index in [1.54, 1.807) is 24.0 Å². The van der Waals surface area contributed by atoms with E-state index < -0.39 is 11.9 Å². The Balaban J connectivity index is 1.72. The molecule has 1 N–H and O–H groups in total. The second kappa shape index (κ2) is 8.66. The monoisotopic (exact) mass is 440 g/mol. The van der Waals surface area contributed by atoms with Crippen molar-refractivity contribution >= 4 is 23.1 Å². The number of nitrogens with one attached hydrogen (secondary N) is 1. The lowest BCUT2D eigenvalue weighted by atomic mass is 9.78. The number of carbonyl (C=O) groups is 2. The molecule has 0 saturated heterocycles. The Morgan fingerprint density at radius 1 is 0.970 bits per heavy atom. The number of nitrogens with zero attached hydrogens (tertiary/aromatic N) is 1. The summed E-state index contributed by atoms with van der Waals surface area (Å²) in [4.78, 5) is 28.7. The average Bonchev–Trinajstić information content (AvgIpc) is 2.98. The van der Waals surface area contributed by atoms with Crippen LogP contribution < -0.4 is 10.2 Å². The minimum Gasteiger partial charge on any atom is -0.357 e. The van der Waals surface area contributed by atoms with Gasteiger partial charge >= 0.3 is 0 Å². The predicted octanol–water partition coefficient (Wildman–Crippen LogP) is 6.14. The van der Waals surface area contributed by atoms with E-state index in [0.29, 0.717) is 29.7 Å². The van der Waals surface area contributed by atoms with E-state index in [9.17, 15) is 14.0 Å². The van der Waals surface area contributed by atoms with E-state index in [4.69, 9.17) is 0 Å². The highest BCUT2D eigenvalue weighted by Gasteiger charge is 2.41. The molecule has 1 heterocycles. The number of fused-ring (bicyclic) bond motifs is 1. The van der Waals surface area contributed by atoms with Crippen molar-refractivity contribution in [2.45, 2.75) is 38.1 Å². The van der Waals surface area contributed by atoms with Crippen molar-refractivity contribution in [1.29, 1.82) is 0 Å². The van der Waals surface area contributed by atoms with Crippen molar-refractivity contribution < 1.29 is 14.0 Å². The molecule has 0 spiro atoms. The third-order valence-corrected chi connectivity index (χ3v) is 6.50. The first-order valence-corrected chi connectivity index (χ1v) is 11.3. The molecule has 0 unspecified atom stereocenters. The van der Waals surface area contributed by atoms with Gasteiger partial charge in [-0.25, -0.2) is 4.39 Å². The summed E-state index contributed by atoms with van der Waals surface area (Å²) in [7, 11) is 0. The molecule has 2 atom stereocenters. The number of anilines is 2. The number of halogens is 1. The topological polar surface area (TPSA) is 49.4 Å². The Hall–Kier alpha value is -3.73. The maximum absolute atomic E-state index is 14.3. The maximum atomic E-state index is 14.3. The van der Waals surface area contributed by atoms with Crippen LogP contribution in [0.1, 0.15) is 49.3 Å². The van der Waals surface area contributed by atoms with Crippen molar-refractivity contribution in [2.75, 3.05) is 10.2 Å². The zero-order valence-electron chi connectivity index (χ0n) is 18.4. The fourth-order valence-electron chi connectivity index (χ4n) is 4.99. The van der Waals surface area contributed by atoms with Crippen LogP contribution in [0.4, 0.5) is 15.8 Å². The summed E-state index contributed by atoms with van der Waals surface area (Å²) >= 11 is 0. The van der Waals surface area contributed by atoms with Gasteiger partial charge in [0, 0.05) is 24.1 Å². The van der Waals surface area contributed by atoms with Gasteiger partial charge in [0.05, 0.1) is 17.4 Å². The van der Waals surface area contributed by atoms with Gasteiger partial charge in [0.2, 0.25) is 5.91 Å². The second-order valence-electron chi connectivity index (χ2n) is 8.55. The SMILES string of the molecule is CCC(=O)N1c2ccccc2NC2=C(C(=O)C[C@H](c3ccccc3)C2)[C@@H]1c1cccc(F)c1. The van der Waals surface area contributed by atoms with E-state index >= 15 is 0 Å². The highest BCUT2D eigenvalue weighted by Crippen LogP contribution is 2.47. The number of Topliss-reactive ketones (excluding diaryl/α,β-unsaturated/α-hetero) is 1. The molecule has 1 aliphatic heterocycles. The molecular weight excluding hydrogens is 415 g/mol. The van der Waals surface area contributed by atoms with Gasteiger partial charge in [0.1, 0.15) is 5.82 Å². The molecule has 0 radical (unpaired) electrons. The van der Waals surface area contributed by atoms with Gasteiger partial charge in [-0.2, -0.15) is 0 Å². The highest BCUT2D eigenvalue weighted by molar-refractivity contribution is 6.06. The van der Waals surface area contributed by atoms with E-state index in [1.807, 2.05) is 54.6 Å². The number of carbonyl (C=O) groups excluding carboxylic acids is 2. The van der Waals surface area contributed by atoms with Crippen LogP contribution in [0.3, 0.4) is 0 Å². The Labute approximate surface area is 192 Å². The van der Waals surface area contributed by atoms with Crippen LogP contribution in [0.25, 0.3) is 0 Å². The minimum atomic E-state index is -0.691. The van der Waals surface area contributed by atoms with E-state index in [-0.39, 0.29) is 24.0 Å². The number of para-hydroxylation sites is 2. The van der Waals surface area contributed by atoms with Gasteiger partial charge in [0.15, 0.2) is 5.78 Å². The largest absolute Gasteiger partial charge is 0.357 e. The van der Waals surface area contributed by atoms with Crippen molar-refractivity contribution in [3.8, 4) is 0 Å². The average molecular weight is 441 g/mol. The number of amides is 1. The first-order valence-electron chi connectivity index (χ1n) is 11.3. The fraction of sp³-hybridized carbons (Fsp3) is 0.214. The lowest BCUT2D eigenvalue weighted by Gasteiger charge is -2.35. The van der Waals surface area contributed by atoms with Crippen LogP contribution in [-0.4, -0.2) is 11.7 Å². The lowest BCUT2D eigenvalue weighted by Crippen LogP contribution is -2.38. The van der Waals surface area contributed by atoms with E-state index in [0.717, 1.165) is 16.9 Å². The molecule has 1 amide bonds. The zero-order chi connectivity index (χ0) is 22.9. The molecule has 0 aromatic heterocycles. The third-order valence-electron chi connectivity index (χ3n) is 6.50. The first kappa shape index (κ1) is 21.1. The van der Waals surface area contributed by atoms with Crippen molar-refractivity contribution in [1.82, 2.24) is 0 Å². The molecular formula is C28H25FN2O2.